The van der Waals surface area contributed by atoms with Gasteiger partial charge < -0.3 is 0 Å². The minimum atomic E-state index is 1.02. The van der Waals surface area contributed by atoms with E-state index in [1.807, 2.05) is 0 Å². The molecule has 0 fully saturated rings. The van der Waals surface area contributed by atoms with Gasteiger partial charge in [0.15, 0.2) is 0 Å². The van der Waals surface area contributed by atoms with Crippen LogP contribution < -0.4 is 0 Å². The fraction of sp³-hybridized carbons (Fsp3) is 0.455. The molecule has 0 bridgehead atoms. The Morgan fingerprint density at radius 3 is 2.00 bits per heavy atom. The summed E-state index contributed by atoms with van der Waals surface area (Å²) in [4.78, 5) is 0. The molecule has 0 atom stereocenters. The number of benzene rings is 1. The number of nitrogens with zero attached hydrogens (tertiary/aromatic N) is 2. The molecule has 0 aliphatic rings. The first-order valence-corrected chi connectivity index (χ1v) is 4.74. The highest BCUT2D eigenvalue weighted by Gasteiger charge is 2.03. The van der Waals surface area contributed by atoms with E-state index in [9.17, 15) is 0 Å². The molecule has 0 amide bonds. The van der Waals surface area contributed by atoms with Gasteiger partial charge in [-0.05, 0) is 24.0 Å². The second kappa shape index (κ2) is 4.75. The lowest BCUT2D eigenvalue weighted by Crippen LogP contribution is -1.87. The lowest BCUT2D eigenvalue weighted by atomic mass is 10.0. The normalized spacial score (nSPS) is 11.0. The van der Waals surface area contributed by atoms with Crippen molar-refractivity contribution in [2.75, 3.05) is 7.05 Å². The maximum Gasteiger partial charge on any atom is 0.0916 e. The average molecular weight is 176 g/mol. The Kier molecular flexibility index (Phi) is 3.62. The summed E-state index contributed by atoms with van der Waals surface area (Å²) in [5.74, 6) is 0. The van der Waals surface area contributed by atoms with E-state index >= 15 is 0 Å². The second-order valence-corrected chi connectivity index (χ2v) is 2.93. The number of rotatable bonds is 3. The smallest absolute Gasteiger partial charge is 0.0916 e. The van der Waals surface area contributed by atoms with Crippen molar-refractivity contribution in [1.82, 2.24) is 0 Å². The quantitative estimate of drug-likeness (QED) is 0.629. The van der Waals surface area contributed by atoms with Crippen LogP contribution in [-0.4, -0.2) is 7.05 Å². The van der Waals surface area contributed by atoms with Gasteiger partial charge in [-0.3, -0.25) is 0 Å². The zero-order valence-corrected chi connectivity index (χ0v) is 8.54. The van der Waals surface area contributed by atoms with Crippen LogP contribution in [0.25, 0.3) is 0 Å². The molecule has 2 heteroatoms. The minimum Gasteiger partial charge on any atom is -0.192 e. The van der Waals surface area contributed by atoms with Crippen molar-refractivity contribution in [3.63, 3.8) is 0 Å². The van der Waals surface area contributed by atoms with Crippen molar-refractivity contribution < 1.29 is 0 Å². The molecule has 0 aromatic heterocycles. The highest BCUT2D eigenvalue weighted by molar-refractivity contribution is 5.52. The first-order valence-electron chi connectivity index (χ1n) is 4.74. The van der Waals surface area contributed by atoms with Gasteiger partial charge >= 0.3 is 0 Å². The van der Waals surface area contributed by atoms with E-state index in [1.54, 1.807) is 7.05 Å². The van der Waals surface area contributed by atoms with Crippen LogP contribution in [0.2, 0.25) is 0 Å². The van der Waals surface area contributed by atoms with E-state index in [0.29, 0.717) is 0 Å². The van der Waals surface area contributed by atoms with Crippen LogP contribution in [0.15, 0.2) is 28.4 Å². The van der Waals surface area contributed by atoms with Crippen LogP contribution in [0, 0.1) is 0 Å². The lowest BCUT2D eigenvalue weighted by Gasteiger charge is -2.06. The average Bonchev–Trinajstić information content (AvgIpc) is 2.18. The minimum absolute atomic E-state index is 1.02. The molecule has 0 N–H and O–H groups in total. The molecule has 1 aromatic rings. The van der Waals surface area contributed by atoms with Gasteiger partial charge in [0, 0.05) is 7.05 Å². The zero-order valence-electron chi connectivity index (χ0n) is 8.54. The molecular weight excluding hydrogens is 160 g/mol. The van der Waals surface area contributed by atoms with Crippen molar-refractivity contribution in [3.05, 3.63) is 29.3 Å². The van der Waals surface area contributed by atoms with Crippen molar-refractivity contribution in [2.24, 2.45) is 10.2 Å². The molecule has 0 aliphatic carbocycles. The summed E-state index contributed by atoms with van der Waals surface area (Å²) in [6.45, 7) is 4.28. The van der Waals surface area contributed by atoms with E-state index < -0.39 is 0 Å². The predicted molar refractivity (Wildman–Crippen MR) is 55.6 cm³/mol. The van der Waals surface area contributed by atoms with Crippen LogP contribution in [0.3, 0.4) is 0 Å². The van der Waals surface area contributed by atoms with Crippen molar-refractivity contribution in [1.29, 1.82) is 0 Å². The summed E-state index contributed by atoms with van der Waals surface area (Å²) in [6, 6.07) is 6.32. The van der Waals surface area contributed by atoms with Gasteiger partial charge in [0.1, 0.15) is 0 Å². The molecule has 1 rings (SSSR count). The van der Waals surface area contributed by atoms with Gasteiger partial charge in [0.05, 0.1) is 5.69 Å². The summed E-state index contributed by atoms with van der Waals surface area (Å²) in [5, 5.41) is 8.02. The lowest BCUT2D eigenvalue weighted by molar-refractivity contribution is 1.04. The van der Waals surface area contributed by atoms with Crippen LogP contribution >= 0.6 is 0 Å². The van der Waals surface area contributed by atoms with E-state index in [2.05, 4.69) is 42.3 Å². The van der Waals surface area contributed by atoms with E-state index in [4.69, 9.17) is 0 Å². The third-order valence-electron chi connectivity index (χ3n) is 2.16. The number of hydrogen-bond donors (Lipinski definition) is 0. The second-order valence-electron chi connectivity index (χ2n) is 2.93. The number of hydrogen-bond acceptors (Lipinski definition) is 2. The van der Waals surface area contributed by atoms with Crippen molar-refractivity contribution in [3.8, 4) is 0 Å². The van der Waals surface area contributed by atoms with Gasteiger partial charge in [0.25, 0.3) is 0 Å². The number of aryl methyl sites for hydroxylation is 2. The molecule has 70 valence electrons. The summed E-state index contributed by atoms with van der Waals surface area (Å²) in [5.41, 5.74) is 3.63. The largest absolute Gasteiger partial charge is 0.192 e. The van der Waals surface area contributed by atoms with Gasteiger partial charge in [0.2, 0.25) is 0 Å². The highest BCUT2D eigenvalue weighted by atomic mass is 15.1. The molecule has 0 heterocycles. The first kappa shape index (κ1) is 9.90. The molecule has 1 aromatic carbocycles. The van der Waals surface area contributed by atoms with Crippen molar-refractivity contribution in [2.45, 2.75) is 26.7 Å². The molecule has 13 heavy (non-hydrogen) atoms. The van der Waals surface area contributed by atoms with Gasteiger partial charge in [-0.2, -0.15) is 10.2 Å². The third kappa shape index (κ3) is 2.14. The summed E-state index contributed by atoms with van der Waals surface area (Å²) in [6.07, 6.45) is 2.03. The van der Waals surface area contributed by atoms with E-state index in [0.717, 1.165) is 18.5 Å². The SMILES string of the molecule is CCc1cccc(CC)c1/N=N/C. The summed E-state index contributed by atoms with van der Waals surface area (Å²) in [7, 11) is 1.71. The van der Waals surface area contributed by atoms with Gasteiger partial charge in [-0.1, -0.05) is 32.0 Å². The maximum atomic E-state index is 4.17. The van der Waals surface area contributed by atoms with Crippen LogP contribution in [0.1, 0.15) is 25.0 Å². The Bertz CT molecular complexity index is 281. The van der Waals surface area contributed by atoms with Crippen LogP contribution in [-0.2, 0) is 12.8 Å². The number of azo groups is 1. The third-order valence-corrected chi connectivity index (χ3v) is 2.16. The molecule has 0 saturated carbocycles. The molecule has 0 aliphatic heterocycles. The van der Waals surface area contributed by atoms with E-state index in [-0.39, 0.29) is 0 Å². The Balaban J connectivity index is 3.21. The Morgan fingerprint density at radius 1 is 1.08 bits per heavy atom. The molecule has 0 radical (unpaired) electrons. The van der Waals surface area contributed by atoms with E-state index in [1.165, 1.54) is 11.1 Å². The fourth-order valence-electron chi connectivity index (χ4n) is 1.44. The van der Waals surface area contributed by atoms with Gasteiger partial charge in [-0.15, -0.1) is 0 Å². The Morgan fingerprint density at radius 2 is 1.62 bits per heavy atom. The molecule has 0 spiro atoms. The summed E-state index contributed by atoms with van der Waals surface area (Å²) >= 11 is 0. The zero-order chi connectivity index (χ0) is 9.68. The molecule has 2 nitrogen and oxygen atoms in total. The maximum absolute atomic E-state index is 4.17. The van der Waals surface area contributed by atoms with Crippen LogP contribution in [0.5, 0.6) is 0 Å². The Hall–Kier alpha value is -1.18. The monoisotopic (exact) mass is 176 g/mol. The van der Waals surface area contributed by atoms with Gasteiger partial charge in [-0.25, -0.2) is 0 Å². The molecular formula is C11H16N2. The highest BCUT2D eigenvalue weighted by Crippen LogP contribution is 2.25. The van der Waals surface area contributed by atoms with Crippen LogP contribution in [0.4, 0.5) is 5.69 Å². The van der Waals surface area contributed by atoms with Crippen molar-refractivity contribution >= 4 is 5.69 Å². The molecule has 0 saturated heterocycles. The summed E-state index contributed by atoms with van der Waals surface area (Å²) < 4.78 is 0. The fourth-order valence-corrected chi connectivity index (χ4v) is 1.44. The first-order chi connectivity index (χ1) is 6.33. The predicted octanol–water partition coefficient (Wildman–Crippen LogP) is 3.52. The molecule has 0 unspecified atom stereocenters. The standard InChI is InChI=1S/C11H16N2/c1-4-9-7-6-8-10(5-2)11(9)13-12-3/h6-8H,4-5H2,1-3H3/b13-12+. The topological polar surface area (TPSA) is 24.7 Å². The Labute approximate surface area is 79.7 Å².